The lowest BCUT2D eigenvalue weighted by Crippen LogP contribution is -2.29. The number of hydrogen-bond donors (Lipinski definition) is 0. The zero-order valence-corrected chi connectivity index (χ0v) is 9.84. The van der Waals surface area contributed by atoms with Gasteiger partial charge in [-0.25, -0.2) is 4.98 Å². The molecule has 0 N–H and O–H groups in total. The van der Waals surface area contributed by atoms with E-state index in [2.05, 4.69) is 26.8 Å². The maximum atomic E-state index is 5.60. The van der Waals surface area contributed by atoms with E-state index < -0.39 is 5.60 Å². The van der Waals surface area contributed by atoms with Crippen molar-refractivity contribution in [1.29, 1.82) is 0 Å². The molecule has 1 aromatic rings. The van der Waals surface area contributed by atoms with Crippen molar-refractivity contribution in [3.63, 3.8) is 0 Å². The molecule has 0 saturated carbocycles. The number of terminal acetylenes is 1. The molecular formula is C11H12BrNO. The largest absolute Gasteiger partial charge is 0.458 e. The van der Waals surface area contributed by atoms with Crippen molar-refractivity contribution in [2.75, 3.05) is 0 Å². The van der Waals surface area contributed by atoms with Crippen LogP contribution in [-0.4, -0.2) is 10.6 Å². The monoisotopic (exact) mass is 253 g/mol. The summed E-state index contributed by atoms with van der Waals surface area (Å²) >= 11 is 3.27. The van der Waals surface area contributed by atoms with Crippen LogP contribution in [0.1, 0.15) is 20.3 Å². The molecule has 2 nitrogen and oxygen atoms in total. The second-order valence-electron chi connectivity index (χ2n) is 3.13. The van der Waals surface area contributed by atoms with Crippen LogP contribution in [0.2, 0.25) is 0 Å². The lowest BCUT2D eigenvalue weighted by molar-refractivity contribution is 0.139. The smallest absolute Gasteiger partial charge is 0.215 e. The zero-order valence-electron chi connectivity index (χ0n) is 8.25. The molecular weight excluding hydrogens is 242 g/mol. The zero-order chi connectivity index (χ0) is 10.6. The van der Waals surface area contributed by atoms with Crippen LogP contribution in [-0.2, 0) is 0 Å². The van der Waals surface area contributed by atoms with Crippen LogP contribution >= 0.6 is 15.9 Å². The minimum absolute atomic E-state index is 0.543. The summed E-state index contributed by atoms with van der Waals surface area (Å²) in [7, 11) is 0. The summed E-state index contributed by atoms with van der Waals surface area (Å²) < 4.78 is 6.35. The van der Waals surface area contributed by atoms with E-state index in [4.69, 9.17) is 11.2 Å². The Kier molecular flexibility index (Phi) is 3.54. The minimum Gasteiger partial charge on any atom is -0.458 e. The van der Waals surface area contributed by atoms with Crippen LogP contribution in [0.25, 0.3) is 0 Å². The van der Waals surface area contributed by atoms with Gasteiger partial charge in [-0.2, -0.15) is 0 Å². The number of aromatic nitrogens is 1. The molecule has 0 aliphatic carbocycles. The molecule has 0 bridgehead atoms. The van der Waals surface area contributed by atoms with Gasteiger partial charge in [0.15, 0.2) is 5.60 Å². The average Bonchev–Trinajstić information content (AvgIpc) is 2.18. The van der Waals surface area contributed by atoms with Crippen molar-refractivity contribution >= 4 is 15.9 Å². The summed E-state index contributed by atoms with van der Waals surface area (Å²) in [6.07, 6.45) is 6.14. The minimum atomic E-state index is -0.576. The van der Waals surface area contributed by atoms with Gasteiger partial charge in [-0.15, -0.1) is 6.42 Å². The molecule has 74 valence electrons. The Hall–Kier alpha value is -1.01. The molecule has 0 amide bonds. The normalized spacial score (nSPS) is 14.1. The van der Waals surface area contributed by atoms with E-state index >= 15 is 0 Å². The van der Waals surface area contributed by atoms with Gasteiger partial charge in [0, 0.05) is 6.07 Å². The quantitative estimate of drug-likeness (QED) is 0.611. The molecule has 1 atom stereocenters. The van der Waals surface area contributed by atoms with Crippen molar-refractivity contribution in [3.05, 3.63) is 22.8 Å². The van der Waals surface area contributed by atoms with Crippen molar-refractivity contribution in [3.8, 4) is 18.2 Å². The van der Waals surface area contributed by atoms with Gasteiger partial charge in [0.2, 0.25) is 5.88 Å². The Morgan fingerprint density at radius 2 is 2.36 bits per heavy atom. The first kappa shape index (κ1) is 11.1. The molecule has 1 rings (SSSR count). The summed E-state index contributed by atoms with van der Waals surface area (Å²) in [6, 6.07) is 5.49. The fourth-order valence-corrected chi connectivity index (χ4v) is 1.21. The molecule has 0 aliphatic rings. The third kappa shape index (κ3) is 2.74. The molecule has 1 aromatic heterocycles. The number of halogens is 1. The van der Waals surface area contributed by atoms with Gasteiger partial charge in [0.25, 0.3) is 0 Å². The first-order valence-electron chi connectivity index (χ1n) is 4.39. The molecule has 0 aromatic carbocycles. The van der Waals surface area contributed by atoms with Crippen molar-refractivity contribution in [1.82, 2.24) is 4.98 Å². The summed E-state index contributed by atoms with van der Waals surface area (Å²) in [5.41, 5.74) is -0.576. The maximum Gasteiger partial charge on any atom is 0.215 e. The number of ether oxygens (including phenoxy) is 1. The van der Waals surface area contributed by atoms with Crippen LogP contribution in [0.15, 0.2) is 22.8 Å². The SMILES string of the molecule is C#CC(C)(CC)Oc1cccc(Br)n1. The van der Waals surface area contributed by atoms with E-state index in [0.29, 0.717) is 5.88 Å². The fourth-order valence-electron chi connectivity index (χ4n) is 0.881. The van der Waals surface area contributed by atoms with E-state index in [9.17, 15) is 0 Å². The summed E-state index contributed by atoms with van der Waals surface area (Å²) in [5, 5.41) is 0. The highest BCUT2D eigenvalue weighted by atomic mass is 79.9. The molecule has 0 fully saturated rings. The second kappa shape index (κ2) is 4.47. The average molecular weight is 254 g/mol. The van der Waals surface area contributed by atoms with E-state index in [0.717, 1.165) is 11.0 Å². The lowest BCUT2D eigenvalue weighted by atomic mass is 10.1. The number of nitrogens with zero attached hydrogens (tertiary/aromatic N) is 1. The molecule has 0 saturated heterocycles. The van der Waals surface area contributed by atoms with Gasteiger partial charge in [0.05, 0.1) is 0 Å². The summed E-state index contributed by atoms with van der Waals surface area (Å²) in [5.74, 6) is 3.16. The van der Waals surface area contributed by atoms with E-state index in [1.165, 1.54) is 0 Å². The summed E-state index contributed by atoms with van der Waals surface area (Å²) in [4.78, 5) is 4.15. The third-order valence-electron chi connectivity index (χ3n) is 2.00. The molecule has 0 aliphatic heterocycles. The van der Waals surface area contributed by atoms with Gasteiger partial charge < -0.3 is 4.74 Å². The van der Waals surface area contributed by atoms with Crippen LogP contribution in [0.4, 0.5) is 0 Å². The van der Waals surface area contributed by atoms with Crippen LogP contribution < -0.4 is 4.74 Å². The standard InChI is InChI=1S/C11H12BrNO/c1-4-11(3,5-2)14-10-8-6-7-9(12)13-10/h1,6-8H,5H2,2-3H3. The topological polar surface area (TPSA) is 22.1 Å². The first-order chi connectivity index (χ1) is 6.59. The molecule has 3 heteroatoms. The fraction of sp³-hybridized carbons (Fsp3) is 0.364. The highest BCUT2D eigenvalue weighted by Crippen LogP contribution is 2.20. The molecule has 1 unspecified atom stereocenters. The van der Waals surface area contributed by atoms with E-state index in [-0.39, 0.29) is 0 Å². The van der Waals surface area contributed by atoms with E-state index in [1.54, 1.807) is 6.07 Å². The molecule has 14 heavy (non-hydrogen) atoms. The predicted molar refractivity (Wildman–Crippen MR) is 60.1 cm³/mol. The van der Waals surface area contributed by atoms with Gasteiger partial charge in [-0.05, 0) is 35.3 Å². The van der Waals surface area contributed by atoms with E-state index in [1.807, 2.05) is 26.0 Å². The van der Waals surface area contributed by atoms with Crippen molar-refractivity contribution in [2.45, 2.75) is 25.9 Å². The Labute approximate surface area is 92.8 Å². The first-order valence-corrected chi connectivity index (χ1v) is 5.18. The Bertz CT molecular complexity index is 359. The molecule has 0 radical (unpaired) electrons. The Balaban J connectivity index is 2.84. The highest BCUT2D eigenvalue weighted by molar-refractivity contribution is 9.10. The van der Waals surface area contributed by atoms with Crippen molar-refractivity contribution in [2.24, 2.45) is 0 Å². The number of hydrogen-bond acceptors (Lipinski definition) is 2. The molecule has 0 spiro atoms. The third-order valence-corrected chi connectivity index (χ3v) is 2.44. The lowest BCUT2D eigenvalue weighted by Gasteiger charge is -2.22. The number of rotatable bonds is 3. The number of pyridine rings is 1. The van der Waals surface area contributed by atoms with Crippen molar-refractivity contribution < 1.29 is 4.74 Å². The van der Waals surface area contributed by atoms with Crippen LogP contribution in [0.3, 0.4) is 0 Å². The van der Waals surface area contributed by atoms with Gasteiger partial charge in [-0.1, -0.05) is 18.9 Å². The molecule has 1 heterocycles. The Morgan fingerprint density at radius 1 is 1.64 bits per heavy atom. The van der Waals surface area contributed by atoms with Crippen LogP contribution in [0.5, 0.6) is 5.88 Å². The van der Waals surface area contributed by atoms with Gasteiger partial charge in [0.1, 0.15) is 4.60 Å². The highest BCUT2D eigenvalue weighted by Gasteiger charge is 2.21. The second-order valence-corrected chi connectivity index (χ2v) is 3.94. The summed E-state index contributed by atoms with van der Waals surface area (Å²) in [6.45, 7) is 3.85. The maximum absolute atomic E-state index is 5.60. The van der Waals surface area contributed by atoms with Gasteiger partial charge >= 0.3 is 0 Å². The predicted octanol–water partition coefficient (Wildman–Crippen LogP) is 3.02. The van der Waals surface area contributed by atoms with Crippen LogP contribution in [0, 0.1) is 12.3 Å². The van der Waals surface area contributed by atoms with Gasteiger partial charge in [-0.3, -0.25) is 0 Å². The Morgan fingerprint density at radius 3 is 2.86 bits per heavy atom.